The SMILES string of the molecule is CC(C)c1c(O)ccc(S(=O)(=O)c2ccc(O)c(C(C)C)c2-c2ccc(O)cc2)c1-c1ccc(O)cc1. The lowest BCUT2D eigenvalue weighted by atomic mass is 9.91. The average molecular weight is 519 g/mol. The van der Waals surface area contributed by atoms with Crippen LogP contribution in [0, 0.1) is 0 Å². The molecular formula is C30H30O6S. The molecule has 0 aliphatic carbocycles. The van der Waals surface area contributed by atoms with Crippen LogP contribution in [0.4, 0.5) is 0 Å². The first-order valence-electron chi connectivity index (χ1n) is 12.0. The smallest absolute Gasteiger partial charge is 0.207 e. The highest BCUT2D eigenvalue weighted by Gasteiger charge is 2.31. The van der Waals surface area contributed by atoms with Gasteiger partial charge in [0.25, 0.3) is 0 Å². The van der Waals surface area contributed by atoms with Crippen LogP contribution in [0.1, 0.15) is 50.7 Å². The first kappa shape index (κ1) is 26.1. The van der Waals surface area contributed by atoms with Crippen molar-refractivity contribution in [2.24, 2.45) is 0 Å². The largest absolute Gasteiger partial charge is 0.508 e. The minimum atomic E-state index is -4.21. The first-order valence-corrected chi connectivity index (χ1v) is 13.5. The Morgan fingerprint density at radius 1 is 0.514 bits per heavy atom. The lowest BCUT2D eigenvalue weighted by Gasteiger charge is -2.22. The third-order valence-electron chi connectivity index (χ3n) is 6.41. The molecule has 0 aromatic heterocycles. The van der Waals surface area contributed by atoms with E-state index in [-0.39, 0.29) is 44.6 Å². The summed E-state index contributed by atoms with van der Waals surface area (Å²) >= 11 is 0. The molecule has 0 radical (unpaired) electrons. The third kappa shape index (κ3) is 4.74. The molecule has 192 valence electrons. The van der Waals surface area contributed by atoms with Gasteiger partial charge in [-0.25, -0.2) is 8.42 Å². The Bertz CT molecular complexity index is 1440. The number of aromatic hydroxyl groups is 4. The number of rotatable bonds is 6. The number of sulfone groups is 1. The molecule has 7 heteroatoms. The monoisotopic (exact) mass is 518 g/mol. The molecule has 0 atom stereocenters. The van der Waals surface area contributed by atoms with Crippen LogP contribution < -0.4 is 0 Å². The second kappa shape index (κ2) is 9.82. The topological polar surface area (TPSA) is 115 Å². The zero-order valence-corrected chi connectivity index (χ0v) is 21.9. The minimum absolute atomic E-state index is 0.000106. The van der Waals surface area contributed by atoms with Crippen LogP contribution >= 0.6 is 0 Å². The summed E-state index contributed by atoms with van der Waals surface area (Å²) < 4.78 is 28.9. The van der Waals surface area contributed by atoms with Crippen LogP contribution in [-0.4, -0.2) is 28.8 Å². The molecule has 4 N–H and O–H groups in total. The van der Waals surface area contributed by atoms with E-state index in [1.165, 1.54) is 48.5 Å². The molecule has 6 nitrogen and oxygen atoms in total. The fraction of sp³-hybridized carbons (Fsp3) is 0.200. The molecule has 0 saturated carbocycles. The average Bonchev–Trinajstić information content (AvgIpc) is 2.83. The van der Waals surface area contributed by atoms with Crippen LogP contribution in [0.25, 0.3) is 22.3 Å². The van der Waals surface area contributed by atoms with E-state index >= 15 is 0 Å². The standard InChI is InChI=1S/C30H30O6S/c1-17(2)27-23(33)13-15-25(29(27)19-5-9-21(31)10-6-19)37(35,36)26-16-14-24(34)28(18(3)4)30(26)20-7-11-22(32)12-8-20/h5-18,31-34H,1-4H3. The quantitative estimate of drug-likeness (QED) is 0.220. The van der Waals surface area contributed by atoms with Gasteiger partial charge >= 0.3 is 0 Å². The molecule has 0 unspecified atom stereocenters. The first-order chi connectivity index (χ1) is 17.4. The maximum absolute atomic E-state index is 14.5. The summed E-state index contributed by atoms with van der Waals surface area (Å²) in [6, 6.07) is 17.9. The van der Waals surface area contributed by atoms with Crippen molar-refractivity contribution in [1.29, 1.82) is 0 Å². The summed E-state index contributed by atoms with van der Waals surface area (Å²) in [5, 5.41) is 41.1. The molecular weight excluding hydrogens is 488 g/mol. The maximum atomic E-state index is 14.5. The van der Waals surface area contributed by atoms with Crippen molar-refractivity contribution in [2.45, 2.75) is 49.3 Å². The molecule has 0 aliphatic rings. The van der Waals surface area contributed by atoms with Gasteiger partial charge < -0.3 is 20.4 Å². The van der Waals surface area contributed by atoms with Crippen molar-refractivity contribution in [3.05, 3.63) is 83.9 Å². The highest BCUT2D eigenvalue weighted by atomic mass is 32.2. The van der Waals surface area contributed by atoms with Crippen molar-refractivity contribution < 1.29 is 28.8 Å². The van der Waals surface area contributed by atoms with Gasteiger partial charge in [0.05, 0.1) is 9.79 Å². The van der Waals surface area contributed by atoms with E-state index in [4.69, 9.17) is 0 Å². The van der Waals surface area contributed by atoms with Gasteiger partial charge in [-0.1, -0.05) is 52.0 Å². The molecule has 0 spiro atoms. The Kier molecular flexibility index (Phi) is 6.93. The van der Waals surface area contributed by atoms with E-state index in [2.05, 4.69) is 0 Å². The predicted molar refractivity (Wildman–Crippen MR) is 144 cm³/mol. The zero-order chi connectivity index (χ0) is 27.1. The molecule has 4 aromatic rings. The molecule has 4 rings (SSSR count). The summed E-state index contributed by atoms with van der Waals surface area (Å²) in [5.41, 5.74) is 2.72. The number of hydrogen-bond acceptors (Lipinski definition) is 6. The van der Waals surface area contributed by atoms with Crippen LogP contribution in [0.15, 0.2) is 82.6 Å². The van der Waals surface area contributed by atoms with E-state index in [9.17, 15) is 28.8 Å². The van der Waals surface area contributed by atoms with Crippen LogP contribution in [0.5, 0.6) is 23.0 Å². The lowest BCUT2D eigenvalue weighted by molar-refractivity contribution is 0.464. The fourth-order valence-electron chi connectivity index (χ4n) is 4.76. The fourth-order valence-corrected chi connectivity index (χ4v) is 6.49. The van der Waals surface area contributed by atoms with Gasteiger partial charge in [-0.2, -0.15) is 0 Å². The Hall–Kier alpha value is -3.97. The van der Waals surface area contributed by atoms with Gasteiger partial charge in [0.1, 0.15) is 23.0 Å². The maximum Gasteiger partial charge on any atom is 0.207 e. The van der Waals surface area contributed by atoms with E-state index in [0.717, 1.165) is 0 Å². The second-order valence-electron chi connectivity index (χ2n) is 9.65. The van der Waals surface area contributed by atoms with E-state index in [1.54, 1.807) is 24.3 Å². The van der Waals surface area contributed by atoms with Gasteiger partial charge in [-0.15, -0.1) is 0 Å². The summed E-state index contributed by atoms with van der Waals surface area (Å²) in [4.78, 5) is 0.000211. The minimum Gasteiger partial charge on any atom is -0.508 e. The molecule has 0 aliphatic heterocycles. The van der Waals surface area contributed by atoms with E-state index in [1.807, 2.05) is 27.7 Å². The normalized spacial score (nSPS) is 11.8. The van der Waals surface area contributed by atoms with Gasteiger partial charge in [0.15, 0.2) is 0 Å². The number of benzene rings is 4. The van der Waals surface area contributed by atoms with Crippen molar-refractivity contribution in [3.63, 3.8) is 0 Å². The third-order valence-corrected chi connectivity index (χ3v) is 8.25. The molecule has 0 bridgehead atoms. The highest BCUT2D eigenvalue weighted by Crippen LogP contribution is 2.46. The number of phenols is 4. The highest BCUT2D eigenvalue weighted by molar-refractivity contribution is 7.91. The van der Waals surface area contributed by atoms with Gasteiger partial charge in [0, 0.05) is 22.3 Å². The summed E-state index contributed by atoms with van der Waals surface area (Å²) in [6.07, 6.45) is 0. The van der Waals surface area contributed by atoms with Gasteiger partial charge in [0.2, 0.25) is 9.84 Å². The molecule has 0 heterocycles. The van der Waals surface area contributed by atoms with Crippen LogP contribution in [0.2, 0.25) is 0 Å². The molecule has 37 heavy (non-hydrogen) atoms. The molecule has 0 saturated heterocycles. The van der Waals surface area contributed by atoms with E-state index < -0.39 is 9.84 Å². The van der Waals surface area contributed by atoms with Gasteiger partial charge in [-0.3, -0.25) is 0 Å². The number of hydrogen-bond donors (Lipinski definition) is 4. The number of phenolic OH excluding ortho intramolecular Hbond substituents is 4. The molecule has 0 amide bonds. The van der Waals surface area contributed by atoms with Gasteiger partial charge in [-0.05, 0) is 71.5 Å². The van der Waals surface area contributed by atoms with Crippen molar-refractivity contribution >= 4 is 9.84 Å². The predicted octanol–water partition coefficient (Wildman–Crippen LogP) is 6.92. The summed E-state index contributed by atoms with van der Waals surface area (Å²) in [6.45, 7) is 7.48. The molecule has 0 fully saturated rings. The second-order valence-corrected chi connectivity index (χ2v) is 11.5. The van der Waals surface area contributed by atoms with Crippen molar-refractivity contribution in [1.82, 2.24) is 0 Å². The van der Waals surface area contributed by atoms with E-state index in [0.29, 0.717) is 33.4 Å². The Balaban J connectivity index is 2.11. The summed E-state index contributed by atoms with van der Waals surface area (Å²) in [5.74, 6) is -0.389. The molecule has 4 aromatic carbocycles. The zero-order valence-electron chi connectivity index (χ0n) is 21.1. The Morgan fingerprint density at radius 3 is 1.14 bits per heavy atom. The summed E-state index contributed by atoms with van der Waals surface area (Å²) in [7, 11) is -4.21. The Morgan fingerprint density at radius 2 is 0.838 bits per heavy atom. The Labute approximate surface area is 217 Å². The van der Waals surface area contributed by atoms with Crippen molar-refractivity contribution in [3.8, 4) is 45.3 Å². The lowest BCUT2D eigenvalue weighted by Crippen LogP contribution is -2.10. The van der Waals surface area contributed by atoms with Crippen molar-refractivity contribution in [2.75, 3.05) is 0 Å². The van der Waals surface area contributed by atoms with Crippen LogP contribution in [0.3, 0.4) is 0 Å². The van der Waals surface area contributed by atoms with Crippen LogP contribution in [-0.2, 0) is 9.84 Å².